The van der Waals surface area contributed by atoms with Crippen LogP contribution in [-0.4, -0.2) is 148 Å². The molecule has 3 amide bonds. The van der Waals surface area contributed by atoms with Crippen molar-refractivity contribution in [3.8, 4) is 0 Å². The van der Waals surface area contributed by atoms with Gasteiger partial charge in [0.1, 0.15) is 11.8 Å². The van der Waals surface area contributed by atoms with Crippen molar-refractivity contribution < 1.29 is 38.5 Å². The third-order valence-electron chi connectivity index (χ3n) is 10.4. The quantitative estimate of drug-likeness (QED) is 0.110. The zero-order chi connectivity index (χ0) is 37.7. The number of allylic oxidation sites excluding steroid dienone is 2. The van der Waals surface area contributed by atoms with Crippen LogP contribution in [0.3, 0.4) is 0 Å². The zero-order valence-corrected chi connectivity index (χ0v) is 30.9. The summed E-state index contributed by atoms with van der Waals surface area (Å²) in [7, 11) is 0. The molecule has 54 heavy (non-hydrogen) atoms. The molecule has 1 aliphatic carbocycles. The number of carbonyl (C=O) groups is 4. The van der Waals surface area contributed by atoms with Crippen LogP contribution < -0.4 is 10.6 Å². The highest BCUT2D eigenvalue weighted by Gasteiger charge is 2.39. The molecule has 2 aromatic rings. The molecule has 2 unspecified atom stereocenters. The average Bonchev–Trinajstić information content (AvgIpc) is 3.51. The summed E-state index contributed by atoms with van der Waals surface area (Å²) in [6.45, 7) is 10.0. The van der Waals surface area contributed by atoms with Gasteiger partial charge in [0, 0.05) is 94.6 Å². The van der Waals surface area contributed by atoms with E-state index in [1.54, 1.807) is 17.2 Å². The molecule has 3 heterocycles. The fourth-order valence-electron chi connectivity index (χ4n) is 7.35. The number of imide groups is 1. The van der Waals surface area contributed by atoms with Crippen molar-refractivity contribution in [3.05, 3.63) is 76.6 Å². The average molecular weight is 745 g/mol. The number of fused-ring (bicyclic) bond motifs is 1. The van der Waals surface area contributed by atoms with Crippen LogP contribution in [-0.2, 0) is 35.1 Å². The van der Waals surface area contributed by atoms with E-state index in [1.807, 2.05) is 42.5 Å². The Labute approximate surface area is 316 Å². The number of Topliss-reactive ketones (excluding diaryl/α,β-unsaturated/α-hetero) is 1. The molecular formula is C40H52N6O8. The maximum Gasteiger partial charge on any atom is 0.255 e. The fraction of sp³-hybridized carbons (Fsp3) is 0.525. The predicted molar refractivity (Wildman–Crippen MR) is 203 cm³/mol. The van der Waals surface area contributed by atoms with Crippen molar-refractivity contribution in [1.82, 2.24) is 20.0 Å². The number of nitrogens with one attached hydrogen (secondary N) is 2. The van der Waals surface area contributed by atoms with Gasteiger partial charge in [-0.2, -0.15) is 0 Å². The Morgan fingerprint density at radius 1 is 0.833 bits per heavy atom. The molecule has 0 aromatic heterocycles. The number of benzene rings is 2. The van der Waals surface area contributed by atoms with Gasteiger partial charge in [0.25, 0.3) is 5.91 Å². The fourth-order valence-corrected chi connectivity index (χ4v) is 7.35. The van der Waals surface area contributed by atoms with Crippen LogP contribution in [0.1, 0.15) is 53.1 Å². The molecule has 3 N–H and O–H groups in total. The van der Waals surface area contributed by atoms with Gasteiger partial charge in [-0.1, -0.05) is 36.4 Å². The van der Waals surface area contributed by atoms with E-state index in [9.17, 15) is 24.3 Å². The lowest BCUT2D eigenvalue weighted by atomic mass is 9.83. The van der Waals surface area contributed by atoms with Crippen LogP contribution in [0.15, 0.2) is 64.9 Å². The molecule has 14 heteroatoms. The molecule has 3 aliphatic heterocycles. The SMILES string of the molecule is O=C1CCC(N2Cc3c(NCCOCCOCCOCCN4CCN(CCN=CC5=C(O)CC(c6ccccc6)CC5=O)CC4)cccc3C2=O)C(=O)N1. The standard InChI is InChI=1S/C40H52N6O8/c47-36-25-30(29-5-2-1-3-6-29)26-37(48)32(36)27-41-11-13-44-14-16-45(17-15-44)18-20-53-22-24-54-23-21-52-19-12-42-34-8-4-7-31-33(34)28-46(40(31)51)35-9-10-38(49)43-39(35)50/h1-8,27,30,35,42,47H,9-26,28H2,(H,43,49,50). The van der Waals surface area contributed by atoms with Gasteiger partial charge in [-0.3, -0.25) is 39.3 Å². The van der Waals surface area contributed by atoms with Gasteiger partial charge in [0.2, 0.25) is 11.8 Å². The Hall–Kier alpha value is -4.47. The van der Waals surface area contributed by atoms with E-state index in [0.29, 0.717) is 89.7 Å². The minimum Gasteiger partial charge on any atom is -0.511 e. The number of aliphatic hydroxyl groups is 1. The molecule has 2 saturated heterocycles. The zero-order valence-electron chi connectivity index (χ0n) is 30.9. The number of carbonyl (C=O) groups excluding carboxylic acids is 4. The molecule has 2 atom stereocenters. The lowest BCUT2D eigenvalue weighted by molar-refractivity contribution is -0.137. The molecule has 290 valence electrons. The number of hydrogen-bond donors (Lipinski definition) is 3. The van der Waals surface area contributed by atoms with E-state index in [0.717, 1.165) is 56.1 Å². The number of aliphatic imine (C=N–C) groups is 1. The Morgan fingerprint density at radius 3 is 2.26 bits per heavy atom. The molecular weight excluding hydrogens is 692 g/mol. The van der Waals surface area contributed by atoms with Crippen LogP contribution in [0.2, 0.25) is 0 Å². The van der Waals surface area contributed by atoms with E-state index < -0.39 is 11.9 Å². The first kappa shape index (κ1) is 39.2. The van der Waals surface area contributed by atoms with Crippen LogP contribution >= 0.6 is 0 Å². The smallest absolute Gasteiger partial charge is 0.255 e. The lowest BCUT2D eigenvalue weighted by Crippen LogP contribution is -2.52. The summed E-state index contributed by atoms with van der Waals surface area (Å²) in [4.78, 5) is 60.3. The summed E-state index contributed by atoms with van der Waals surface area (Å²) in [6.07, 6.45) is 2.98. The number of nitrogens with zero attached hydrogens (tertiary/aromatic N) is 4. The van der Waals surface area contributed by atoms with Gasteiger partial charge in [0.05, 0.1) is 51.8 Å². The number of aliphatic hydroxyl groups excluding tert-OH is 1. The maximum atomic E-state index is 13.0. The normalized spacial score (nSPS) is 21.3. The molecule has 0 bridgehead atoms. The number of rotatable bonds is 19. The van der Waals surface area contributed by atoms with E-state index in [2.05, 4.69) is 25.4 Å². The highest BCUT2D eigenvalue weighted by molar-refractivity contribution is 6.14. The molecule has 0 spiro atoms. The molecule has 4 aliphatic rings. The minimum atomic E-state index is -0.637. The number of anilines is 1. The summed E-state index contributed by atoms with van der Waals surface area (Å²) in [6, 6.07) is 14.7. The number of amides is 3. The molecule has 0 radical (unpaired) electrons. The van der Waals surface area contributed by atoms with Crippen molar-refractivity contribution in [2.45, 2.75) is 44.2 Å². The van der Waals surface area contributed by atoms with Gasteiger partial charge in [0.15, 0.2) is 5.78 Å². The summed E-state index contributed by atoms with van der Waals surface area (Å²) < 4.78 is 17.1. The minimum absolute atomic E-state index is 0.0162. The molecule has 2 fully saturated rings. The van der Waals surface area contributed by atoms with Crippen LogP contribution in [0.4, 0.5) is 5.69 Å². The number of piperidine rings is 1. The first-order valence-electron chi connectivity index (χ1n) is 19.1. The Bertz CT molecular complexity index is 1680. The lowest BCUT2D eigenvalue weighted by Gasteiger charge is -2.34. The monoisotopic (exact) mass is 744 g/mol. The van der Waals surface area contributed by atoms with Crippen LogP contribution in [0.5, 0.6) is 0 Å². The molecule has 6 rings (SSSR count). The largest absolute Gasteiger partial charge is 0.511 e. The number of piperazine rings is 1. The van der Waals surface area contributed by atoms with Crippen molar-refractivity contribution in [1.29, 1.82) is 0 Å². The van der Waals surface area contributed by atoms with E-state index in [1.165, 1.54) is 0 Å². The van der Waals surface area contributed by atoms with Crippen molar-refractivity contribution >= 4 is 35.4 Å². The van der Waals surface area contributed by atoms with E-state index in [4.69, 9.17) is 14.2 Å². The second kappa shape index (κ2) is 19.7. The van der Waals surface area contributed by atoms with E-state index >= 15 is 0 Å². The van der Waals surface area contributed by atoms with Crippen LogP contribution in [0.25, 0.3) is 0 Å². The van der Waals surface area contributed by atoms with E-state index in [-0.39, 0.29) is 35.7 Å². The highest BCUT2D eigenvalue weighted by Crippen LogP contribution is 2.33. The Kier molecular flexibility index (Phi) is 14.3. The number of ketones is 1. The van der Waals surface area contributed by atoms with Gasteiger partial charge >= 0.3 is 0 Å². The molecule has 0 saturated carbocycles. The first-order valence-corrected chi connectivity index (χ1v) is 19.1. The predicted octanol–water partition coefficient (Wildman–Crippen LogP) is 2.56. The van der Waals surface area contributed by atoms with Crippen molar-refractivity contribution in [2.24, 2.45) is 4.99 Å². The van der Waals surface area contributed by atoms with Crippen molar-refractivity contribution in [2.75, 3.05) is 97.3 Å². The summed E-state index contributed by atoms with van der Waals surface area (Å²) in [5, 5.41) is 16.2. The van der Waals surface area contributed by atoms with Crippen LogP contribution in [0, 0.1) is 0 Å². The topological polar surface area (TPSA) is 162 Å². The summed E-state index contributed by atoms with van der Waals surface area (Å²) in [5.41, 5.74) is 3.69. The maximum absolute atomic E-state index is 13.0. The second-order valence-corrected chi connectivity index (χ2v) is 14.0. The third-order valence-corrected chi connectivity index (χ3v) is 10.4. The first-order chi connectivity index (χ1) is 26.4. The third kappa shape index (κ3) is 10.6. The molecule has 2 aromatic carbocycles. The number of ether oxygens (including phenoxy) is 3. The van der Waals surface area contributed by atoms with Crippen molar-refractivity contribution in [3.63, 3.8) is 0 Å². The second-order valence-electron chi connectivity index (χ2n) is 14.0. The molecule has 14 nitrogen and oxygen atoms in total. The van der Waals surface area contributed by atoms with Gasteiger partial charge in [-0.05, 0) is 30.0 Å². The Balaban J connectivity index is 0.752. The van der Waals surface area contributed by atoms with Gasteiger partial charge in [-0.25, -0.2) is 0 Å². The highest BCUT2D eigenvalue weighted by atomic mass is 16.5. The Morgan fingerprint density at radius 2 is 1.54 bits per heavy atom. The summed E-state index contributed by atoms with van der Waals surface area (Å²) >= 11 is 0. The van der Waals surface area contributed by atoms with Gasteiger partial charge < -0.3 is 29.5 Å². The summed E-state index contributed by atoms with van der Waals surface area (Å²) in [5.74, 6) is -0.806. The van der Waals surface area contributed by atoms with Gasteiger partial charge in [-0.15, -0.1) is 0 Å². The number of hydrogen-bond acceptors (Lipinski definition) is 12.